The first-order valence-electron chi connectivity index (χ1n) is 8.32. The number of nitrogens with zero attached hydrogens (tertiary/aromatic N) is 2. The summed E-state index contributed by atoms with van der Waals surface area (Å²) in [4.78, 5) is 9.64. The molecule has 0 fully saturated rings. The fourth-order valence-corrected chi connectivity index (χ4v) is 4.06. The molecule has 0 aliphatic carbocycles. The molecule has 3 rings (SSSR count). The molecular weight excluding hydrogens is 366 g/mol. The van der Waals surface area contributed by atoms with Gasteiger partial charge in [0.1, 0.15) is 11.3 Å². The Morgan fingerprint density at radius 1 is 1.07 bits per heavy atom. The lowest BCUT2D eigenvalue weighted by molar-refractivity contribution is 0.327. The first kappa shape index (κ1) is 19.2. The Bertz CT molecular complexity index is 942. The smallest absolute Gasteiger partial charge is 0.322 e. The van der Waals surface area contributed by atoms with E-state index in [9.17, 15) is 4.55 Å². The van der Waals surface area contributed by atoms with E-state index in [2.05, 4.69) is 9.97 Å². The van der Waals surface area contributed by atoms with Crippen LogP contribution in [0.2, 0.25) is 0 Å². The largest absolute Gasteiger partial charge is 0.609 e. The van der Waals surface area contributed by atoms with Crippen molar-refractivity contribution in [1.82, 2.24) is 9.97 Å². The van der Waals surface area contributed by atoms with E-state index in [0.717, 1.165) is 11.3 Å². The van der Waals surface area contributed by atoms with Crippen molar-refractivity contribution in [3.8, 4) is 17.2 Å². The summed E-state index contributed by atoms with van der Waals surface area (Å²) in [5, 5.41) is 0.382. The van der Waals surface area contributed by atoms with Gasteiger partial charge in [-0.15, -0.1) is 0 Å². The van der Waals surface area contributed by atoms with E-state index in [1.54, 1.807) is 13.2 Å². The summed E-state index contributed by atoms with van der Waals surface area (Å²) < 4.78 is 29.2. The highest BCUT2D eigenvalue weighted by Gasteiger charge is 2.24. The van der Waals surface area contributed by atoms with Crippen LogP contribution in [0.25, 0.3) is 11.0 Å². The second-order valence-corrected chi connectivity index (χ2v) is 7.46. The topological polar surface area (TPSA) is 82.7 Å². The van der Waals surface area contributed by atoms with Crippen LogP contribution >= 0.6 is 0 Å². The molecule has 1 N–H and O–H groups in total. The van der Waals surface area contributed by atoms with Gasteiger partial charge in [-0.2, -0.15) is 4.98 Å². The molecule has 0 aliphatic heterocycles. The zero-order chi connectivity index (χ0) is 19.6. The van der Waals surface area contributed by atoms with E-state index in [1.165, 1.54) is 14.2 Å². The number of hydrogen-bond acceptors (Lipinski definition) is 6. The van der Waals surface area contributed by atoms with Gasteiger partial charge in [-0.05, 0) is 6.07 Å². The Morgan fingerprint density at radius 2 is 1.78 bits per heavy atom. The van der Waals surface area contributed by atoms with E-state index < -0.39 is 11.2 Å². The maximum Gasteiger partial charge on any atom is 0.322 e. The maximum atomic E-state index is 13.0. The molecule has 0 radical (unpaired) electrons. The highest BCUT2D eigenvalue weighted by molar-refractivity contribution is 7.90. The van der Waals surface area contributed by atoms with Crippen LogP contribution in [-0.2, 0) is 16.9 Å². The van der Waals surface area contributed by atoms with Gasteiger partial charge in [-0.3, -0.25) is 4.98 Å². The first-order chi connectivity index (χ1) is 13.0. The molecule has 144 valence electrons. The molecule has 1 unspecified atom stereocenters. The average molecular weight is 389 g/mol. The second-order valence-electron chi connectivity index (χ2n) is 6.10. The van der Waals surface area contributed by atoms with Gasteiger partial charge < -0.3 is 23.7 Å². The number of aromatic nitrogens is 2. The SMILES string of the molecule is COc1cc2[nH]c([S+]([O-])Cc3ccccc3N(C)C)nc2c(OC)c1OC. The minimum atomic E-state index is -1.35. The fourth-order valence-electron chi connectivity index (χ4n) is 2.98. The molecule has 1 aromatic heterocycles. The lowest BCUT2D eigenvalue weighted by Gasteiger charge is -2.17. The number of fused-ring (bicyclic) bond motifs is 1. The summed E-state index contributed by atoms with van der Waals surface area (Å²) in [5.74, 6) is 1.76. The van der Waals surface area contributed by atoms with Gasteiger partial charge in [0.05, 0.1) is 26.8 Å². The predicted molar refractivity (Wildman–Crippen MR) is 107 cm³/mol. The van der Waals surface area contributed by atoms with Crippen LogP contribution in [0, 0.1) is 0 Å². The van der Waals surface area contributed by atoms with Crippen molar-refractivity contribution in [2.75, 3.05) is 40.3 Å². The molecule has 0 spiro atoms. The number of para-hydroxylation sites is 1. The van der Waals surface area contributed by atoms with Crippen molar-refractivity contribution in [1.29, 1.82) is 0 Å². The fraction of sp³-hybridized carbons (Fsp3) is 0.316. The van der Waals surface area contributed by atoms with Crippen molar-refractivity contribution < 1.29 is 18.8 Å². The molecule has 27 heavy (non-hydrogen) atoms. The normalized spacial score (nSPS) is 12.1. The number of ether oxygens (including phenoxy) is 3. The highest BCUT2D eigenvalue weighted by Crippen LogP contribution is 2.42. The lowest BCUT2D eigenvalue weighted by Crippen LogP contribution is -2.14. The van der Waals surface area contributed by atoms with E-state index in [0.29, 0.717) is 39.2 Å². The minimum Gasteiger partial charge on any atom is -0.609 e. The van der Waals surface area contributed by atoms with Crippen LogP contribution in [0.4, 0.5) is 5.69 Å². The average Bonchev–Trinajstić information content (AvgIpc) is 3.10. The molecule has 0 saturated carbocycles. The van der Waals surface area contributed by atoms with Crippen molar-refractivity contribution in [2.45, 2.75) is 10.9 Å². The molecule has 0 saturated heterocycles. The van der Waals surface area contributed by atoms with Gasteiger partial charge in [0.25, 0.3) is 0 Å². The molecule has 8 heteroatoms. The first-order valence-corrected chi connectivity index (χ1v) is 9.64. The quantitative estimate of drug-likeness (QED) is 0.626. The number of H-pyrrole nitrogens is 1. The summed E-state index contributed by atoms with van der Waals surface area (Å²) in [6, 6.07) is 9.65. The zero-order valence-electron chi connectivity index (χ0n) is 16.0. The standard InChI is InChI=1S/C19H23N3O4S/c1-22(2)14-9-7-6-8-12(14)11-27(23)19-20-13-10-15(24-3)17(25-4)18(26-5)16(13)21-19/h6-10H,11H2,1-5H3,(H,20,21). The summed E-state index contributed by atoms with van der Waals surface area (Å²) in [6.07, 6.45) is 0. The summed E-state index contributed by atoms with van der Waals surface area (Å²) in [5.41, 5.74) is 3.25. The molecule has 3 aromatic rings. The third-order valence-electron chi connectivity index (χ3n) is 4.23. The molecular formula is C19H23N3O4S. The van der Waals surface area contributed by atoms with Crippen LogP contribution in [0.3, 0.4) is 0 Å². The molecule has 7 nitrogen and oxygen atoms in total. The summed E-state index contributed by atoms with van der Waals surface area (Å²) >= 11 is -1.35. The van der Waals surface area contributed by atoms with Crippen LogP contribution in [0.5, 0.6) is 17.2 Å². The number of imidazole rings is 1. The number of hydrogen-bond donors (Lipinski definition) is 1. The van der Waals surface area contributed by atoms with Gasteiger partial charge in [0, 0.05) is 42.6 Å². The van der Waals surface area contributed by atoms with Crippen molar-refractivity contribution in [3.63, 3.8) is 0 Å². The number of nitrogens with one attached hydrogen (secondary N) is 1. The van der Waals surface area contributed by atoms with Crippen molar-refractivity contribution in [3.05, 3.63) is 35.9 Å². The Hall–Kier alpha value is -2.58. The van der Waals surface area contributed by atoms with E-state index in [1.807, 2.05) is 43.3 Å². The number of aromatic amines is 1. The number of methoxy groups -OCH3 is 3. The van der Waals surface area contributed by atoms with E-state index in [4.69, 9.17) is 14.2 Å². The maximum absolute atomic E-state index is 13.0. The second kappa shape index (κ2) is 7.98. The highest BCUT2D eigenvalue weighted by atomic mass is 32.2. The molecule has 1 atom stereocenters. The van der Waals surface area contributed by atoms with E-state index >= 15 is 0 Å². The predicted octanol–water partition coefficient (Wildman–Crippen LogP) is 2.96. The Labute approximate surface area is 161 Å². The van der Waals surface area contributed by atoms with Gasteiger partial charge >= 0.3 is 5.16 Å². The van der Waals surface area contributed by atoms with Crippen LogP contribution in [0.1, 0.15) is 5.56 Å². The molecule has 0 aliphatic rings. The number of anilines is 1. The third-order valence-corrected chi connectivity index (χ3v) is 5.43. The van der Waals surface area contributed by atoms with E-state index in [-0.39, 0.29) is 0 Å². The minimum absolute atomic E-state index is 0.352. The Balaban J connectivity index is 2.00. The van der Waals surface area contributed by atoms with Gasteiger partial charge in [-0.1, -0.05) is 18.2 Å². The molecule has 0 bridgehead atoms. The molecule has 0 amide bonds. The van der Waals surface area contributed by atoms with Gasteiger partial charge in [0.15, 0.2) is 11.5 Å². The van der Waals surface area contributed by atoms with Crippen LogP contribution in [0.15, 0.2) is 35.5 Å². The molecule has 1 heterocycles. The number of benzene rings is 2. The van der Waals surface area contributed by atoms with Crippen molar-refractivity contribution in [2.24, 2.45) is 0 Å². The third kappa shape index (κ3) is 3.63. The van der Waals surface area contributed by atoms with Crippen LogP contribution in [-0.4, -0.2) is 49.9 Å². The zero-order valence-corrected chi connectivity index (χ0v) is 16.8. The lowest BCUT2D eigenvalue weighted by atomic mass is 10.2. The van der Waals surface area contributed by atoms with Gasteiger partial charge in [0.2, 0.25) is 5.75 Å². The summed E-state index contributed by atoms with van der Waals surface area (Å²) in [7, 11) is 8.56. The Morgan fingerprint density at radius 3 is 2.41 bits per heavy atom. The van der Waals surface area contributed by atoms with Crippen molar-refractivity contribution >= 4 is 27.9 Å². The Kier molecular flexibility index (Phi) is 5.67. The van der Waals surface area contributed by atoms with Crippen LogP contribution < -0.4 is 19.1 Å². The molecule has 2 aromatic carbocycles. The summed E-state index contributed by atoms with van der Waals surface area (Å²) in [6.45, 7) is 0. The number of rotatable bonds is 7. The van der Waals surface area contributed by atoms with Gasteiger partial charge in [-0.25, -0.2) is 0 Å². The monoisotopic (exact) mass is 389 g/mol.